The first kappa shape index (κ1) is 39.1. The predicted octanol–water partition coefficient (Wildman–Crippen LogP) is -1.30. The monoisotopic (exact) mass is 629 g/mol. The van der Waals surface area contributed by atoms with Crippen molar-refractivity contribution in [2.75, 3.05) is 34.3 Å². The number of fused-ring (bicyclic) bond motifs is 5. The number of quaternary nitrogens is 1. The van der Waals surface area contributed by atoms with E-state index in [1.165, 1.54) is 12.5 Å². The van der Waals surface area contributed by atoms with Crippen molar-refractivity contribution in [1.82, 2.24) is 0 Å². The Labute approximate surface area is 258 Å². The van der Waals surface area contributed by atoms with Gasteiger partial charge in [-0.3, -0.25) is 9.59 Å². The number of urea groups is 1. The standard InChI is InChI=1S/C21H30O5.C5H11NO2.C3H6O3.CH4N2O/c1-19-7-5-13(23)9-12(19)3-4-14-15-6-8-21(26,17(25)11-22)20(15,2)10-16(24)18(14)19;1-6(2,3)4-5(7)8;1-2(4)3(5)6;2-1(3)4/h9,14-16,18,22,24,26H,3-8,10-11H2,1-2H3;4H2,1-3H3;2,4H,1H3,(H,5,6);(H4,2,3,4)/t14-,15-,16-,18+,19-,20-,21-;;;/m0.../s1. The zero-order valence-electron chi connectivity index (χ0n) is 26.6. The van der Waals surface area contributed by atoms with E-state index in [1.54, 1.807) is 27.2 Å². The molecule has 0 aliphatic heterocycles. The van der Waals surface area contributed by atoms with Gasteiger partial charge in [0, 0.05) is 11.8 Å². The van der Waals surface area contributed by atoms with Gasteiger partial charge in [0.05, 0.1) is 33.2 Å². The van der Waals surface area contributed by atoms with Crippen molar-refractivity contribution < 1.29 is 59.1 Å². The molecule has 14 heteroatoms. The molecule has 0 saturated heterocycles. The van der Waals surface area contributed by atoms with E-state index in [4.69, 9.17) is 15.0 Å². The summed E-state index contributed by atoms with van der Waals surface area (Å²) in [6.45, 7) is 4.72. The number of carbonyl (C=O) groups is 5. The molecule has 8 atom stereocenters. The van der Waals surface area contributed by atoms with Crippen molar-refractivity contribution in [3.05, 3.63) is 11.6 Å². The number of carboxylic acids is 2. The van der Waals surface area contributed by atoms with Crippen molar-refractivity contribution in [2.45, 2.75) is 83.5 Å². The molecular formula is C30H51N3O11. The van der Waals surface area contributed by atoms with E-state index in [2.05, 4.69) is 18.4 Å². The fourth-order valence-corrected chi connectivity index (χ4v) is 7.67. The highest BCUT2D eigenvalue weighted by atomic mass is 16.4. The molecule has 4 aliphatic carbocycles. The van der Waals surface area contributed by atoms with Gasteiger partial charge in [-0.2, -0.15) is 0 Å². The molecule has 0 bridgehead atoms. The van der Waals surface area contributed by atoms with Crippen LogP contribution in [0.25, 0.3) is 0 Å². The maximum absolute atomic E-state index is 12.4. The number of rotatable bonds is 5. The van der Waals surface area contributed by atoms with Crippen LogP contribution in [0.4, 0.5) is 4.79 Å². The number of likely N-dealkylation sites (N-methyl/N-ethyl adjacent to an activating group) is 1. The van der Waals surface area contributed by atoms with E-state index in [-0.39, 0.29) is 35.5 Å². The molecule has 0 radical (unpaired) electrons. The van der Waals surface area contributed by atoms with Crippen LogP contribution in [0, 0.1) is 28.6 Å². The van der Waals surface area contributed by atoms with Gasteiger partial charge in [0.25, 0.3) is 0 Å². The van der Waals surface area contributed by atoms with E-state index in [9.17, 15) is 39.6 Å². The number of allylic oxidation sites excluding steroid dienone is 1. The summed E-state index contributed by atoms with van der Waals surface area (Å²) < 4.78 is 0.419. The van der Waals surface area contributed by atoms with Crippen LogP contribution < -0.4 is 16.6 Å². The van der Waals surface area contributed by atoms with Gasteiger partial charge in [-0.1, -0.05) is 19.4 Å². The van der Waals surface area contributed by atoms with Crippen molar-refractivity contribution in [2.24, 2.45) is 40.1 Å². The lowest BCUT2D eigenvalue weighted by molar-refractivity contribution is -0.864. The largest absolute Gasteiger partial charge is 0.544 e. The molecule has 1 unspecified atom stereocenters. The molecular weight excluding hydrogens is 578 g/mol. The molecule has 14 nitrogen and oxygen atoms in total. The van der Waals surface area contributed by atoms with Crippen molar-refractivity contribution in [3.8, 4) is 0 Å². The lowest BCUT2D eigenvalue weighted by atomic mass is 9.45. The molecule has 4 aliphatic rings. The van der Waals surface area contributed by atoms with Crippen molar-refractivity contribution >= 4 is 29.5 Å². The van der Waals surface area contributed by atoms with Gasteiger partial charge in [0.15, 0.2) is 11.6 Å². The van der Waals surface area contributed by atoms with Crippen LogP contribution in [0.15, 0.2) is 11.6 Å². The Morgan fingerprint density at radius 2 is 1.61 bits per heavy atom. The zero-order chi connectivity index (χ0) is 34.4. The molecule has 3 fully saturated rings. The van der Waals surface area contributed by atoms with Crippen LogP contribution >= 0.6 is 0 Å². The van der Waals surface area contributed by atoms with E-state index >= 15 is 0 Å². The molecule has 0 aromatic heterocycles. The second-order valence-electron chi connectivity index (χ2n) is 13.8. The Kier molecular flexibility index (Phi) is 13.3. The normalized spacial score (nSPS) is 34.3. The SMILES string of the molecule is CC(O)C(=O)O.C[C@]12CCC(=O)C=C1CC[C@@H]1[C@@H]2[C@@H](O)C[C@@]2(C)[C@H]1CC[C@]2(O)C(=O)CO.C[N+](C)(C)CC(=O)[O-].NC(N)=O. The highest BCUT2D eigenvalue weighted by molar-refractivity contribution is 5.92. The number of nitrogens with two attached hydrogens (primary N) is 2. The fraction of sp³-hybridized carbons (Fsp3) is 0.767. The number of amides is 2. The first-order valence-corrected chi connectivity index (χ1v) is 14.7. The van der Waals surface area contributed by atoms with Gasteiger partial charge in [-0.15, -0.1) is 0 Å². The summed E-state index contributed by atoms with van der Waals surface area (Å²) >= 11 is 0. The minimum Gasteiger partial charge on any atom is -0.544 e. The molecule has 44 heavy (non-hydrogen) atoms. The van der Waals surface area contributed by atoms with E-state index in [0.29, 0.717) is 23.7 Å². The van der Waals surface area contributed by atoms with E-state index in [1.807, 2.05) is 6.92 Å². The van der Waals surface area contributed by atoms with Crippen LogP contribution in [-0.4, -0.2) is 112 Å². The van der Waals surface area contributed by atoms with Crippen molar-refractivity contribution in [1.29, 1.82) is 0 Å². The van der Waals surface area contributed by atoms with Crippen molar-refractivity contribution in [3.63, 3.8) is 0 Å². The summed E-state index contributed by atoms with van der Waals surface area (Å²) in [7, 11) is 5.40. The summed E-state index contributed by atoms with van der Waals surface area (Å²) in [5.74, 6) is -2.05. The molecule has 0 aromatic carbocycles. The number of hydrogen-bond acceptors (Lipinski definition) is 10. The number of aliphatic carboxylic acids is 2. The van der Waals surface area contributed by atoms with Gasteiger partial charge in [0.1, 0.15) is 24.9 Å². The number of nitrogens with zero attached hydrogens (tertiary/aromatic N) is 1. The molecule has 0 aromatic rings. The van der Waals surface area contributed by atoms with E-state index in [0.717, 1.165) is 25.7 Å². The van der Waals surface area contributed by atoms with Gasteiger partial charge in [-0.25, -0.2) is 9.59 Å². The minimum atomic E-state index is -1.54. The Morgan fingerprint density at radius 1 is 1.09 bits per heavy atom. The molecule has 0 heterocycles. The first-order chi connectivity index (χ1) is 20.0. The van der Waals surface area contributed by atoms with Gasteiger partial charge >= 0.3 is 12.0 Å². The molecule has 4 rings (SSSR count). The lowest BCUT2D eigenvalue weighted by Crippen LogP contribution is -2.62. The number of carboxylic acid groups (broad SMARTS) is 2. The topological polar surface area (TPSA) is 262 Å². The first-order valence-electron chi connectivity index (χ1n) is 14.7. The van der Waals surface area contributed by atoms with Gasteiger partial charge in [-0.05, 0) is 74.7 Å². The number of carbonyl (C=O) groups excluding carboxylic acids is 4. The van der Waals surface area contributed by atoms with Crippen LogP contribution in [0.1, 0.15) is 65.7 Å². The number of primary amides is 2. The maximum atomic E-state index is 12.4. The van der Waals surface area contributed by atoms with Crippen LogP contribution in [0.3, 0.4) is 0 Å². The quantitative estimate of drug-likeness (QED) is 0.176. The Hall–Kier alpha value is -2.91. The molecule has 0 spiro atoms. The third-order valence-corrected chi connectivity index (χ3v) is 9.61. The number of ketones is 2. The summed E-state index contributed by atoms with van der Waals surface area (Å²) in [6.07, 6.45) is 4.50. The number of aliphatic hydroxyl groups excluding tert-OH is 3. The highest BCUT2D eigenvalue weighted by Gasteiger charge is 2.68. The highest BCUT2D eigenvalue weighted by Crippen LogP contribution is 2.67. The Balaban J connectivity index is 0.000000443. The van der Waals surface area contributed by atoms with Gasteiger partial charge in [0.2, 0.25) is 0 Å². The van der Waals surface area contributed by atoms with Crippen LogP contribution in [0.5, 0.6) is 0 Å². The zero-order valence-corrected chi connectivity index (χ0v) is 26.6. The average Bonchev–Trinajstić information content (AvgIpc) is 3.13. The summed E-state index contributed by atoms with van der Waals surface area (Å²) in [5, 5.41) is 57.4. The summed E-state index contributed by atoms with van der Waals surface area (Å²) in [5.41, 5.74) is 7.27. The maximum Gasteiger partial charge on any atom is 0.332 e. The number of Topliss-reactive ketones (excluding diaryl/α,β-unsaturated/α-hetero) is 1. The van der Waals surface area contributed by atoms with Gasteiger partial charge < -0.3 is 51.4 Å². The third-order valence-electron chi connectivity index (χ3n) is 9.61. The Bertz CT molecular complexity index is 1110. The number of hydrogen-bond donors (Lipinski definition) is 7. The smallest absolute Gasteiger partial charge is 0.332 e. The minimum absolute atomic E-state index is 0.0694. The van der Waals surface area contributed by atoms with Crippen LogP contribution in [0.2, 0.25) is 0 Å². The molecule has 3 saturated carbocycles. The van der Waals surface area contributed by atoms with E-state index < -0.39 is 53.6 Å². The second kappa shape index (κ2) is 14.9. The Morgan fingerprint density at radius 3 is 2.02 bits per heavy atom. The number of aliphatic hydroxyl groups is 4. The lowest BCUT2D eigenvalue weighted by Gasteiger charge is -2.60. The third kappa shape index (κ3) is 9.07. The molecule has 9 N–H and O–H groups in total. The fourth-order valence-electron chi connectivity index (χ4n) is 7.67. The molecule has 2 amide bonds. The van der Waals surface area contributed by atoms with Crippen LogP contribution in [-0.2, 0) is 19.2 Å². The second-order valence-corrected chi connectivity index (χ2v) is 13.8. The summed E-state index contributed by atoms with van der Waals surface area (Å²) in [4.78, 5) is 52.6. The summed E-state index contributed by atoms with van der Waals surface area (Å²) in [6, 6.07) is -0.833. The predicted molar refractivity (Wildman–Crippen MR) is 156 cm³/mol. The molecule has 252 valence electrons. The average molecular weight is 630 g/mol.